The van der Waals surface area contributed by atoms with Gasteiger partial charge in [0, 0.05) is 26.1 Å². The van der Waals surface area contributed by atoms with Crippen LogP contribution in [0.15, 0.2) is 18.2 Å². The molecule has 0 fully saturated rings. The van der Waals surface area contributed by atoms with Gasteiger partial charge in [0.05, 0.1) is 6.26 Å². The maximum Gasteiger partial charge on any atom is 0.231 e. The molecule has 2 rings (SSSR count). The molecule has 0 spiro atoms. The third-order valence-corrected chi connectivity index (χ3v) is 4.79. The van der Waals surface area contributed by atoms with Crippen LogP contribution in [-0.2, 0) is 21.4 Å². The number of hydrogen-bond acceptors (Lipinski definition) is 5. The first-order chi connectivity index (χ1) is 11.3. The first-order valence-electron chi connectivity index (χ1n) is 7.86. The number of sulfonamides is 1. The number of carbonyl (C=O) groups is 1. The van der Waals surface area contributed by atoms with Crippen molar-refractivity contribution in [3.63, 3.8) is 0 Å². The van der Waals surface area contributed by atoms with Crippen molar-refractivity contribution in [3.8, 4) is 11.5 Å². The van der Waals surface area contributed by atoms with E-state index < -0.39 is 10.0 Å². The predicted octanol–water partition coefficient (Wildman–Crippen LogP) is 1.34. The van der Waals surface area contributed by atoms with Gasteiger partial charge in [-0.05, 0) is 23.6 Å². The third-order valence-electron chi connectivity index (χ3n) is 3.54. The highest BCUT2D eigenvalue weighted by molar-refractivity contribution is 7.88. The van der Waals surface area contributed by atoms with Crippen LogP contribution in [0.1, 0.15) is 25.8 Å². The molecule has 24 heavy (non-hydrogen) atoms. The maximum atomic E-state index is 12.0. The lowest BCUT2D eigenvalue weighted by Gasteiger charge is -2.20. The molecule has 0 atom stereocenters. The number of hydrogen-bond donors (Lipinski definition) is 1. The molecule has 0 bridgehead atoms. The molecule has 0 aliphatic carbocycles. The first-order valence-corrected chi connectivity index (χ1v) is 9.71. The van der Waals surface area contributed by atoms with Crippen molar-refractivity contribution in [2.24, 2.45) is 5.92 Å². The Morgan fingerprint density at radius 2 is 2.00 bits per heavy atom. The Labute approximate surface area is 143 Å². The van der Waals surface area contributed by atoms with Gasteiger partial charge in [-0.2, -0.15) is 4.31 Å². The molecule has 1 aliphatic heterocycles. The summed E-state index contributed by atoms with van der Waals surface area (Å²) >= 11 is 0. The molecule has 7 nitrogen and oxygen atoms in total. The average molecular weight is 356 g/mol. The summed E-state index contributed by atoms with van der Waals surface area (Å²) in [4.78, 5) is 11.7. The van der Waals surface area contributed by atoms with Crippen LogP contribution in [0.25, 0.3) is 0 Å². The van der Waals surface area contributed by atoms with E-state index >= 15 is 0 Å². The minimum Gasteiger partial charge on any atom is -0.454 e. The number of ether oxygens (including phenoxy) is 2. The lowest BCUT2D eigenvalue weighted by Crippen LogP contribution is -2.37. The van der Waals surface area contributed by atoms with Crippen LogP contribution in [0.5, 0.6) is 11.5 Å². The molecule has 134 valence electrons. The van der Waals surface area contributed by atoms with Gasteiger partial charge in [0.25, 0.3) is 0 Å². The van der Waals surface area contributed by atoms with E-state index in [1.54, 1.807) is 12.1 Å². The second-order valence-electron chi connectivity index (χ2n) is 6.23. The molecule has 1 heterocycles. The minimum atomic E-state index is -3.39. The molecule has 1 aromatic rings. The standard InChI is InChI=1S/C16H24N2O5S/c1-12(2)8-16(19)17-6-7-18(24(3,20)21)10-13-4-5-14-15(9-13)23-11-22-14/h4-5,9,12H,6-8,10-11H2,1-3H3,(H,17,19). The second-order valence-corrected chi connectivity index (χ2v) is 8.21. The largest absolute Gasteiger partial charge is 0.454 e. The smallest absolute Gasteiger partial charge is 0.231 e. The van der Waals surface area contributed by atoms with E-state index in [1.807, 2.05) is 19.9 Å². The van der Waals surface area contributed by atoms with Crippen molar-refractivity contribution >= 4 is 15.9 Å². The zero-order valence-electron chi connectivity index (χ0n) is 14.2. The molecular weight excluding hydrogens is 332 g/mol. The fraction of sp³-hybridized carbons (Fsp3) is 0.562. The van der Waals surface area contributed by atoms with Crippen molar-refractivity contribution in [1.82, 2.24) is 9.62 Å². The van der Waals surface area contributed by atoms with Crippen molar-refractivity contribution in [1.29, 1.82) is 0 Å². The molecule has 1 N–H and O–H groups in total. The van der Waals surface area contributed by atoms with Gasteiger partial charge in [-0.3, -0.25) is 4.79 Å². The Morgan fingerprint density at radius 3 is 2.67 bits per heavy atom. The number of nitrogens with zero attached hydrogens (tertiary/aromatic N) is 1. The Morgan fingerprint density at radius 1 is 1.29 bits per heavy atom. The fourth-order valence-corrected chi connectivity index (χ4v) is 3.17. The topological polar surface area (TPSA) is 84.9 Å². The van der Waals surface area contributed by atoms with Crippen LogP contribution in [-0.4, -0.2) is 44.8 Å². The van der Waals surface area contributed by atoms with E-state index in [1.165, 1.54) is 4.31 Å². The SMILES string of the molecule is CC(C)CC(=O)NCCN(Cc1ccc2c(c1)OCO2)S(C)(=O)=O. The Balaban J connectivity index is 1.95. The summed E-state index contributed by atoms with van der Waals surface area (Å²) in [5, 5.41) is 2.75. The van der Waals surface area contributed by atoms with E-state index in [2.05, 4.69) is 5.32 Å². The van der Waals surface area contributed by atoms with Crippen LogP contribution in [0.3, 0.4) is 0 Å². The first kappa shape index (κ1) is 18.5. The van der Waals surface area contributed by atoms with Gasteiger partial charge in [0.2, 0.25) is 22.7 Å². The molecule has 0 aromatic heterocycles. The van der Waals surface area contributed by atoms with Gasteiger partial charge < -0.3 is 14.8 Å². The summed E-state index contributed by atoms with van der Waals surface area (Å²) in [5.41, 5.74) is 0.804. The number of fused-ring (bicyclic) bond motifs is 1. The van der Waals surface area contributed by atoms with Crippen molar-refractivity contribution < 1.29 is 22.7 Å². The normalized spacial score (nSPS) is 13.5. The molecule has 0 radical (unpaired) electrons. The zero-order chi connectivity index (χ0) is 17.7. The highest BCUT2D eigenvalue weighted by atomic mass is 32.2. The molecule has 1 amide bonds. The van der Waals surface area contributed by atoms with Gasteiger partial charge >= 0.3 is 0 Å². The molecule has 8 heteroatoms. The molecule has 1 aromatic carbocycles. The fourth-order valence-electron chi connectivity index (χ4n) is 2.37. The Bertz CT molecular complexity index is 688. The quantitative estimate of drug-likeness (QED) is 0.760. The molecular formula is C16H24N2O5S. The average Bonchev–Trinajstić information content (AvgIpc) is 2.91. The molecule has 1 aliphatic rings. The van der Waals surface area contributed by atoms with Crippen LogP contribution in [0, 0.1) is 5.92 Å². The number of amides is 1. The lowest BCUT2D eigenvalue weighted by atomic mass is 10.1. The summed E-state index contributed by atoms with van der Waals surface area (Å²) in [5.74, 6) is 1.47. The highest BCUT2D eigenvalue weighted by Gasteiger charge is 2.19. The highest BCUT2D eigenvalue weighted by Crippen LogP contribution is 2.32. The number of benzene rings is 1. The lowest BCUT2D eigenvalue weighted by molar-refractivity contribution is -0.121. The van der Waals surface area contributed by atoms with E-state index in [0.717, 1.165) is 11.8 Å². The van der Waals surface area contributed by atoms with E-state index in [4.69, 9.17) is 9.47 Å². The van der Waals surface area contributed by atoms with Crippen molar-refractivity contribution in [2.75, 3.05) is 26.1 Å². The maximum absolute atomic E-state index is 12.0. The summed E-state index contributed by atoms with van der Waals surface area (Å²) in [7, 11) is -3.39. The van der Waals surface area contributed by atoms with Gasteiger partial charge in [-0.25, -0.2) is 8.42 Å². The summed E-state index contributed by atoms with van der Waals surface area (Å²) in [6.45, 7) is 4.82. The second kappa shape index (κ2) is 7.85. The van der Waals surface area contributed by atoms with Gasteiger partial charge in [-0.15, -0.1) is 0 Å². The third kappa shape index (κ3) is 5.38. The molecule has 0 saturated carbocycles. The molecule has 0 saturated heterocycles. The number of rotatable bonds is 8. The molecule has 0 unspecified atom stereocenters. The van der Waals surface area contributed by atoms with Crippen LogP contribution in [0.4, 0.5) is 0 Å². The Hall–Kier alpha value is -1.80. The van der Waals surface area contributed by atoms with E-state index in [9.17, 15) is 13.2 Å². The summed E-state index contributed by atoms with van der Waals surface area (Å²) in [6, 6.07) is 5.35. The van der Waals surface area contributed by atoms with Gasteiger partial charge in [0.1, 0.15) is 0 Å². The van der Waals surface area contributed by atoms with E-state index in [-0.39, 0.29) is 38.3 Å². The summed E-state index contributed by atoms with van der Waals surface area (Å²) < 4.78 is 35.8. The Kier molecular flexibility index (Phi) is 6.06. The van der Waals surface area contributed by atoms with Gasteiger partial charge in [0.15, 0.2) is 11.5 Å². The van der Waals surface area contributed by atoms with Crippen LogP contribution < -0.4 is 14.8 Å². The van der Waals surface area contributed by atoms with E-state index in [0.29, 0.717) is 17.9 Å². The summed E-state index contributed by atoms with van der Waals surface area (Å²) in [6.07, 6.45) is 1.59. The predicted molar refractivity (Wildman–Crippen MR) is 90.3 cm³/mol. The zero-order valence-corrected chi connectivity index (χ0v) is 15.1. The monoisotopic (exact) mass is 356 g/mol. The van der Waals surface area contributed by atoms with Crippen LogP contribution in [0.2, 0.25) is 0 Å². The number of nitrogens with one attached hydrogen (secondary N) is 1. The van der Waals surface area contributed by atoms with Gasteiger partial charge in [-0.1, -0.05) is 19.9 Å². The van der Waals surface area contributed by atoms with Crippen LogP contribution >= 0.6 is 0 Å². The van der Waals surface area contributed by atoms with Crippen molar-refractivity contribution in [3.05, 3.63) is 23.8 Å². The van der Waals surface area contributed by atoms with Crippen molar-refractivity contribution in [2.45, 2.75) is 26.8 Å². The minimum absolute atomic E-state index is 0.0680. The number of carbonyl (C=O) groups excluding carboxylic acids is 1.